The van der Waals surface area contributed by atoms with Gasteiger partial charge in [0.05, 0.1) is 30.0 Å². The van der Waals surface area contributed by atoms with Crippen molar-refractivity contribution < 1.29 is 27.9 Å². The highest BCUT2D eigenvalue weighted by atomic mass is 127. The molecule has 0 atom stereocenters. The third-order valence-corrected chi connectivity index (χ3v) is 5.11. The Kier molecular flexibility index (Phi) is 6.03. The number of aliphatic hydroxyl groups is 1. The lowest BCUT2D eigenvalue weighted by Gasteiger charge is -2.46. The molecule has 0 radical (unpaired) electrons. The Morgan fingerprint density at radius 2 is 1.86 bits per heavy atom. The van der Waals surface area contributed by atoms with Crippen molar-refractivity contribution in [3.8, 4) is 0 Å². The van der Waals surface area contributed by atoms with Crippen LogP contribution >= 0.6 is 22.6 Å². The number of hydrogen-bond donors (Lipinski definition) is 3. The van der Waals surface area contributed by atoms with Crippen molar-refractivity contribution in [2.45, 2.75) is 12.5 Å². The molecule has 2 aromatic carbocycles. The van der Waals surface area contributed by atoms with Gasteiger partial charge in [0.15, 0.2) is 11.6 Å². The predicted octanol–water partition coefficient (Wildman–Crippen LogP) is 2.78. The number of rotatable bonds is 5. The van der Waals surface area contributed by atoms with E-state index in [1.54, 1.807) is 6.07 Å². The highest BCUT2D eigenvalue weighted by molar-refractivity contribution is 14.1. The molecule has 1 fully saturated rings. The number of hydrogen-bond acceptors (Lipinski definition) is 4. The summed E-state index contributed by atoms with van der Waals surface area (Å²) in [6.07, 6.45) is 0. The third kappa shape index (κ3) is 4.64. The van der Waals surface area contributed by atoms with Gasteiger partial charge in [0.25, 0.3) is 5.91 Å². The van der Waals surface area contributed by atoms with Crippen LogP contribution in [-0.2, 0) is 4.79 Å². The van der Waals surface area contributed by atoms with E-state index in [1.165, 1.54) is 24.0 Å². The van der Waals surface area contributed by atoms with Crippen LogP contribution in [0.4, 0.5) is 24.5 Å². The first-order valence-corrected chi connectivity index (χ1v) is 9.64. The minimum absolute atomic E-state index is 0.0388. The fourth-order valence-electron chi connectivity index (χ4n) is 2.96. The van der Waals surface area contributed by atoms with Crippen molar-refractivity contribution in [2.24, 2.45) is 0 Å². The lowest BCUT2D eigenvalue weighted by molar-refractivity contribution is -0.123. The number of benzene rings is 2. The maximum absolute atomic E-state index is 14.4. The number of nitrogens with one attached hydrogen (secondary N) is 2. The third-order valence-electron chi connectivity index (χ3n) is 4.44. The average Bonchev–Trinajstić information content (AvgIpc) is 2.63. The maximum atomic E-state index is 14.4. The minimum atomic E-state index is -1.32. The molecule has 1 aliphatic rings. The first kappa shape index (κ1) is 21.4. The maximum Gasteiger partial charge on any atom is 0.256 e. The molecule has 0 saturated carbocycles. The van der Waals surface area contributed by atoms with E-state index in [1.807, 2.05) is 22.6 Å². The SMILES string of the molecule is CC(=O)NCC1(O)CN(C(=O)c2ccc(F)c(F)c2Nc2ccc(I)cc2F)C1. The lowest BCUT2D eigenvalue weighted by Crippen LogP contribution is -2.67. The summed E-state index contributed by atoms with van der Waals surface area (Å²) in [4.78, 5) is 25.0. The van der Waals surface area contributed by atoms with Gasteiger partial charge >= 0.3 is 0 Å². The van der Waals surface area contributed by atoms with Gasteiger partial charge in [-0.1, -0.05) is 0 Å². The molecule has 3 rings (SSSR count). The van der Waals surface area contributed by atoms with Crippen LogP contribution in [0.5, 0.6) is 0 Å². The predicted molar refractivity (Wildman–Crippen MR) is 108 cm³/mol. The van der Waals surface area contributed by atoms with Gasteiger partial charge < -0.3 is 20.6 Å². The average molecular weight is 519 g/mol. The number of likely N-dealkylation sites (tertiary alicyclic amines) is 1. The molecule has 0 aliphatic carbocycles. The quantitative estimate of drug-likeness (QED) is 0.531. The number of nitrogens with zero attached hydrogens (tertiary/aromatic N) is 1. The van der Waals surface area contributed by atoms with Crippen LogP contribution in [0, 0.1) is 21.0 Å². The van der Waals surface area contributed by atoms with Crippen LogP contribution in [0.1, 0.15) is 17.3 Å². The van der Waals surface area contributed by atoms with Crippen LogP contribution in [0.15, 0.2) is 30.3 Å². The summed E-state index contributed by atoms with van der Waals surface area (Å²) in [7, 11) is 0. The Hall–Kier alpha value is -2.34. The van der Waals surface area contributed by atoms with Crippen molar-refractivity contribution in [3.05, 3.63) is 56.9 Å². The summed E-state index contributed by atoms with van der Waals surface area (Å²) >= 11 is 1.90. The highest BCUT2D eigenvalue weighted by Crippen LogP contribution is 2.31. The second-order valence-electron chi connectivity index (χ2n) is 6.83. The van der Waals surface area contributed by atoms with Crippen molar-refractivity contribution >= 4 is 45.8 Å². The molecule has 1 aliphatic heterocycles. The fraction of sp³-hybridized carbons (Fsp3) is 0.263. The molecule has 3 N–H and O–H groups in total. The van der Waals surface area contributed by atoms with Crippen LogP contribution in [0.3, 0.4) is 0 Å². The zero-order valence-corrected chi connectivity index (χ0v) is 17.4. The van der Waals surface area contributed by atoms with Crippen LogP contribution in [-0.4, -0.2) is 47.1 Å². The van der Waals surface area contributed by atoms with Gasteiger partial charge in [0.1, 0.15) is 11.4 Å². The number of β-amino-alcohol motifs (C(OH)–C–C–N with tert-alkyl or cyclic N) is 1. The summed E-state index contributed by atoms with van der Waals surface area (Å²) < 4.78 is 43.0. The summed E-state index contributed by atoms with van der Waals surface area (Å²) in [5.41, 5.74) is -2.11. The van der Waals surface area contributed by atoms with E-state index in [4.69, 9.17) is 0 Å². The number of carbonyl (C=O) groups excluding carboxylic acids is 2. The second kappa shape index (κ2) is 8.19. The number of anilines is 2. The zero-order valence-electron chi connectivity index (χ0n) is 15.2. The fourth-order valence-corrected chi connectivity index (χ4v) is 3.41. The molecular formula is C19H17F3IN3O3. The van der Waals surface area contributed by atoms with Crippen LogP contribution in [0.2, 0.25) is 0 Å². The summed E-state index contributed by atoms with van der Waals surface area (Å²) in [6.45, 7) is 1.07. The molecule has 0 spiro atoms. The Bertz CT molecular complexity index is 981. The highest BCUT2D eigenvalue weighted by Gasteiger charge is 2.44. The van der Waals surface area contributed by atoms with E-state index >= 15 is 0 Å². The van der Waals surface area contributed by atoms with Gasteiger partial charge in [-0.05, 0) is 52.9 Å². The summed E-state index contributed by atoms with van der Waals surface area (Å²) in [5.74, 6) is -4.18. The lowest BCUT2D eigenvalue weighted by atomic mass is 9.92. The van der Waals surface area contributed by atoms with Crippen molar-refractivity contribution in [2.75, 3.05) is 25.0 Å². The molecule has 0 aromatic heterocycles. The minimum Gasteiger partial charge on any atom is -0.384 e. The zero-order chi connectivity index (χ0) is 21.3. The van der Waals surface area contributed by atoms with Gasteiger partial charge in [0, 0.05) is 17.0 Å². The van der Waals surface area contributed by atoms with E-state index < -0.39 is 34.6 Å². The smallest absolute Gasteiger partial charge is 0.256 e. The molecule has 1 saturated heterocycles. The normalized spacial score (nSPS) is 14.9. The Morgan fingerprint density at radius 3 is 2.48 bits per heavy atom. The van der Waals surface area contributed by atoms with E-state index in [0.717, 1.165) is 12.1 Å². The van der Waals surface area contributed by atoms with Gasteiger partial charge in [-0.2, -0.15) is 0 Å². The van der Waals surface area contributed by atoms with Crippen molar-refractivity contribution in [1.82, 2.24) is 10.2 Å². The standard InChI is InChI=1S/C19H17F3IN3O3/c1-10(27)24-7-19(29)8-26(9-19)18(28)12-3-4-13(20)16(22)17(12)25-15-5-2-11(23)6-14(15)21/h2-6,25,29H,7-9H2,1H3,(H,24,27). The molecule has 0 bridgehead atoms. The Labute approximate surface area is 178 Å². The monoisotopic (exact) mass is 519 g/mol. The summed E-state index contributed by atoms with van der Waals surface area (Å²) in [5, 5.41) is 15.2. The van der Waals surface area contributed by atoms with Gasteiger partial charge in [-0.3, -0.25) is 9.59 Å². The topological polar surface area (TPSA) is 81.7 Å². The van der Waals surface area contributed by atoms with Crippen molar-refractivity contribution in [3.63, 3.8) is 0 Å². The van der Waals surface area contributed by atoms with Crippen LogP contribution in [0.25, 0.3) is 0 Å². The number of amides is 2. The molecule has 29 heavy (non-hydrogen) atoms. The molecule has 6 nitrogen and oxygen atoms in total. The van der Waals surface area contributed by atoms with Gasteiger partial charge in [-0.15, -0.1) is 0 Å². The van der Waals surface area contributed by atoms with E-state index in [2.05, 4.69) is 10.6 Å². The van der Waals surface area contributed by atoms with Crippen molar-refractivity contribution in [1.29, 1.82) is 0 Å². The number of halogens is 4. The molecular weight excluding hydrogens is 502 g/mol. The Morgan fingerprint density at radius 1 is 1.17 bits per heavy atom. The molecule has 10 heteroatoms. The Balaban J connectivity index is 1.84. The molecule has 1 heterocycles. The summed E-state index contributed by atoms with van der Waals surface area (Å²) in [6, 6.07) is 6.03. The van der Waals surface area contributed by atoms with Gasteiger partial charge in [-0.25, -0.2) is 13.2 Å². The van der Waals surface area contributed by atoms with Crippen LogP contribution < -0.4 is 10.6 Å². The second-order valence-corrected chi connectivity index (χ2v) is 8.07. The van der Waals surface area contributed by atoms with E-state index in [-0.39, 0.29) is 36.8 Å². The first-order chi connectivity index (χ1) is 13.6. The largest absolute Gasteiger partial charge is 0.384 e. The number of carbonyl (C=O) groups is 2. The first-order valence-electron chi connectivity index (χ1n) is 8.56. The van der Waals surface area contributed by atoms with E-state index in [0.29, 0.717) is 3.57 Å². The van der Waals surface area contributed by atoms with Gasteiger partial charge in [0.2, 0.25) is 5.91 Å². The molecule has 0 unspecified atom stereocenters. The molecule has 154 valence electrons. The van der Waals surface area contributed by atoms with E-state index in [9.17, 15) is 27.9 Å². The molecule has 2 aromatic rings. The molecule has 2 amide bonds.